The lowest BCUT2D eigenvalue weighted by atomic mass is 10.1. The average molecular weight is 285 g/mol. The van der Waals surface area contributed by atoms with E-state index < -0.39 is 18.0 Å². The SMILES string of the molecule is CC(C)CNC(=O)CCNC(=O)C1CC(C(=O)O)=NO1. The van der Waals surface area contributed by atoms with Gasteiger partial charge in [0.1, 0.15) is 0 Å². The van der Waals surface area contributed by atoms with Crippen molar-refractivity contribution in [3.05, 3.63) is 0 Å². The van der Waals surface area contributed by atoms with Gasteiger partial charge in [-0.1, -0.05) is 19.0 Å². The van der Waals surface area contributed by atoms with Crippen LogP contribution in [0.4, 0.5) is 0 Å². The van der Waals surface area contributed by atoms with E-state index in [9.17, 15) is 14.4 Å². The normalized spacial score (nSPS) is 17.4. The van der Waals surface area contributed by atoms with E-state index in [1.807, 2.05) is 13.8 Å². The van der Waals surface area contributed by atoms with Crippen molar-refractivity contribution in [1.29, 1.82) is 0 Å². The summed E-state index contributed by atoms with van der Waals surface area (Å²) in [4.78, 5) is 38.3. The average Bonchev–Trinajstić information content (AvgIpc) is 2.86. The van der Waals surface area contributed by atoms with Crippen molar-refractivity contribution < 1.29 is 24.3 Å². The molecule has 0 saturated carbocycles. The van der Waals surface area contributed by atoms with Crippen LogP contribution in [-0.4, -0.2) is 47.8 Å². The first kappa shape index (κ1) is 15.9. The Morgan fingerprint density at radius 2 is 2.10 bits per heavy atom. The van der Waals surface area contributed by atoms with E-state index in [0.717, 1.165) is 0 Å². The molecular weight excluding hydrogens is 266 g/mol. The van der Waals surface area contributed by atoms with E-state index in [-0.39, 0.29) is 31.0 Å². The number of hydrogen-bond acceptors (Lipinski definition) is 5. The second-order valence-electron chi connectivity index (χ2n) is 4.88. The van der Waals surface area contributed by atoms with Gasteiger partial charge in [-0.2, -0.15) is 0 Å². The fourth-order valence-corrected chi connectivity index (χ4v) is 1.46. The van der Waals surface area contributed by atoms with E-state index in [2.05, 4.69) is 15.8 Å². The summed E-state index contributed by atoms with van der Waals surface area (Å²) in [5.74, 6) is -1.45. The molecule has 0 aliphatic carbocycles. The van der Waals surface area contributed by atoms with Gasteiger partial charge in [-0.15, -0.1) is 0 Å². The van der Waals surface area contributed by atoms with Crippen LogP contribution in [-0.2, 0) is 19.2 Å². The van der Waals surface area contributed by atoms with E-state index >= 15 is 0 Å². The van der Waals surface area contributed by atoms with Crippen LogP contribution in [0.3, 0.4) is 0 Å². The van der Waals surface area contributed by atoms with Gasteiger partial charge in [0, 0.05) is 25.9 Å². The fraction of sp³-hybridized carbons (Fsp3) is 0.667. The van der Waals surface area contributed by atoms with Crippen LogP contribution in [0.1, 0.15) is 26.7 Å². The highest BCUT2D eigenvalue weighted by Crippen LogP contribution is 2.10. The Hall–Kier alpha value is -2.12. The van der Waals surface area contributed by atoms with E-state index in [4.69, 9.17) is 9.94 Å². The first-order valence-electron chi connectivity index (χ1n) is 6.40. The number of carbonyl (C=O) groups excluding carboxylic acids is 2. The smallest absolute Gasteiger partial charge is 0.353 e. The molecule has 0 saturated heterocycles. The third kappa shape index (κ3) is 5.25. The highest BCUT2D eigenvalue weighted by atomic mass is 16.6. The zero-order valence-electron chi connectivity index (χ0n) is 11.5. The van der Waals surface area contributed by atoms with Gasteiger partial charge in [-0.05, 0) is 5.92 Å². The Morgan fingerprint density at radius 1 is 1.40 bits per heavy atom. The standard InChI is InChI=1S/C12H19N3O5/c1-7(2)6-14-10(16)3-4-13-11(17)9-5-8(12(18)19)15-20-9/h7,9H,3-6H2,1-2H3,(H,13,17)(H,14,16)(H,18,19). The molecule has 0 fully saturated rings. The molecule has 8 heteroatoms. The van der Waals surface area contributed by atoms with Crippen molar-refractivity contribution in [2.75, 3.05) is 13.1 Å². The van der Waals surface area contributed by atoms with Gasteiger partial charge in [-0.3, -0.25) is 9.59 Å². The quantitative estimate of drug-likeness (QED) is 0.582. The number of oxime groups is 1. The molecule has 0 bridgehead atoms. The molecule has 0 aromatic heterocycles. The molecule has 1 aliphatic rings. The van der Waals surface area contributed by atoms with Crippen LogP contribution in [0.15, 0.2) is 5.16 Å². The van der Waals surface area contributed by atoms with Gasteiger partial charge >= 0.3 is 5.97 Å². The third-order valence-corrected chi connectivity index (χ3v) is 2.57. The third-order valence-electron chi connectivity index (χ3n) is 2.57. The lowest BCUT2D eigenvalue weighted by molar-refractivity contribution is -0.131. The summed E-state index contributed by atoms with van der Waals surface area (Å²) in [6.07, 6.45) is -0.835. The number of rotatable bonds is 7. The highest BCUT2D eigenvalue weighted by Gasteiger charge is 2.31. The Bertz CT molecular complexity index is 419. The maximum atomic E-state index is 11.6. The Kier molecular flexibility index (Phi) is 5.95. The van der Waals surface area contributed by atoms with E-state index in [1.165, 1.54) is 0 Å². The van der Waals surface area contributed by atoms with Gasteiger partial charge in [0.15, 0.2) is 5.71 Å². The van der Waals surface area contributed by atoms with Crippen LogP contribution < -0.4 is 10.6 Å². The molecule has 20 heavy (non-hydrogen) atoms. The van der Waals surface area contributed by atoms with Crippen LogP contribution >= 0.6 is 0 Å². The highest BCUT2D eigenvalue weighted by molar-refractivity contribution is 6.36. The number of hydrogen-bond donors (Lipinski definition) is 3. The zero-order chi connectivity index (χ0) is 15.1. The molecule has 1 atom stereocenters. The Balaban J connectivity index is 2.18. The van der Waals surface area contributed by atoms with E-state index in [1.54, 1.807) is 0 Å². The Morgan fingerprint density at radius 3 is 2.65 bits per heavy atom. The molecule has 1 heterocycles. The number of nitrogens with zero attached hydrogens (tertiary/aromatic N) is 1. The summed E-state index contributed by atoms with van der Waals surface area (Å²) in [6, 6.07) is 0. The Labute approximate surface area is 116 Å². The molecule has 1 unspecified atom stereocenters. The van der Waals surface area contributed by atoms with Crippen LogP contribution in [0.2, 0.25) is 0 Å². The second-order valence-corrected chi connectivity index (χ2v) is 4.88. The summed E-state index contributed by atoms with van der Waals surface area (Å²) < 4.78 is 0. The molecule has 8 nitrogen and oxygen atoms in total. The molecule has 3 N–H and O–H groups in total. The van der Waals surface area contributed by atoms with Gasteiger partial charge in [-0.25, -0.2) is 4.79 Å². The van der Waals surface area contributed by atoms with Gasteiger partial charge < -0.3 is 20.6 Å². The minimum atomic E-state index is -1.20. The van der Waals surface area contributed by atoms with Gasteiger partial charge in [0.2, 0.25) is 12.0 Å². The minimum absolute atomic E-state index is 0.0687. The molecule has 0 spiro atoms. The van der Waals surface area contributed by atoms with Crippen molar-refractivity contribution in [2.24, 2.45) is 11.1 Å². The summed E-state index contributed by atoms with van der Waals surface area (Å²) >= 11 is 0. The summed E-state index contributed by atoms with van der Waals surface area (Å²) in [5, 5.41) is 17.2. The lowest BCUT2D eigenvalue weighted by Crippen LogP contribution is -2.38. The molecule has 1 aliphatic heterocycles. The zero-order valence-corrected chi connectivity index (χ0v) is 11.5. The molecule has 0 aromatic carbocycles. The number of nitrogens with one attached hydrogen (secondary N) is 2. The van der Waals surface area contributed by atoms with Crippen LogP contribution in [0.25, 0.3) is 0 Å². The second kappa shape index (κ2) is 7.46. The summed E-state index contributed by atoms with van der Waals surface area (Å²) in [5.41, 5.74) is -0.181. The topological polar surface area (TPSA) is 117 Å². The maximum Gasteiger partial charge on any atom is 0.353 e. The molecule has 2 amide bonds. The lowest BCUT2D eigenvalue weighted by Gasteiger charge is -2.10. The number of carboxylic acids is 1. The minimum Gasteiger partial charge on any atom is -0.477 e. The predicted molar refractivity (Wildman–Crippen MR) is 70.0 cm³/mol. The molecular formula is C12H19N3O5. The predicted octanol–water partition coefficient (Wildman–Crippen LogP) is -0.506. The largest absolute Gasteiger partial charge is 0.477 e. The summed E-state index contributed by atoms with van der Waals surface area (Å²) in [6.45, 7) is 4.73. The number of carbonyl (C=O) groups is 3. The molecule has 0 radical (unpaired) electrons. The van der Waals surface area contributed by atoms with Crippen LogP contribution in [0.5, 0.6) is 0 Å². The fourth-order valence-electron chi connectivity index (χ4n) is 1.46. The number of amides is 2. The first-order valence-corrected chi connectivity index (χ1v) is 6.40. The van der Waals surface area contributed by atoms with Gasteiger partial charge in [0.05, 0.1) is 0 Å². The first-order chi connectivity index (χ1) is 9.40. The van der Waals surface area contributed by atoms with Gasteiger partial charge in [0.25, 0.3) is 5.91 Å². The summed E-state index contributed by atoms with van der Waals surface area (Å²) in [7, 11) is 0. The van der Waals surface area contributed by atoms with E-state index in [0.29, 0.717) is 12.5 Å². The van der Waals surface area contributed by atoms with Crippen LogP contribution in [0, 0.1) is 5.92 Å². The van der Waals surface area contributed by atoms with Crippen molar-refractivity contribution in [3.63, 3.8) is 0 Å². The number of aliphatic carboxylic acids is 1. The van der Waals surface area contributed by atoms with Crippen molar-refractivity contribution in [3.8, 4) is 0 Å². The molecule has 1 rings (SSSR count). The van der Waals surface area contributed by atoms with Crippen molar-refractivity contribution in [2.45, 2.75) is 32.8 Å². The number of carboxylic acid groups (broad SMARTS) is 1. The van der Waals surface area contributed by atoms with Crippen molar-refractivity contribution in [1.82, 2.24) is 10.6 Å². The maximum absolute atomic E-state index is 11.6. The molecule has 112 valence electrons. The monoisotopic (exact) mass is 285 g/mol. The molecule has 0 aromatic rings. The van der Waals surface area contributed by atoms with Crippen molar-refractivity contribution >= 4 is 23.5 Å².